The molecule has 9 heavy (non-hydrogen) atoms. The lowest BCUT2D eigenvalue weighted by Crippen LogP contribution is -2.25. The maximum Gasteiger partial charge on any atom is 0.483 e. The zero-order chi connectivity index (χ0) is 7.11. The number of hydrogen-bond donors (Lipinski definition) is 0. The van der Waals surface area contributed by atoms with Crippen molar-refractivity contribution in [2.75, 3.05) is 20.3 Å². The fraction of sp³-hybridized carbons (Fsp3) is 1.00. The Morgan fingerprint density at radius 1 is 1.11 bits per heavy atom. The van der Waals surface area contributed by atoms with Crippen LogP contribution in [0.5, 0.6) is 0 Å². The predicted molar refractivity (Wildman–Crippen MR) is 37.4 cm³/mol. The van der Waals surface area contributed by atoms with Crippen LogP contribution < -0.4 is 0 Å². The van der Waals surface area contributed by atoms with E-state index in [9.17, 15) is 0 Å². The van der Waals surface area contributed by atoms with E-state index in [0.29, 0.717) is 13.2 Å². The Hall–Kier alpha value is 0.0969. The van der Waals surface area contributed by atoms with Gasteiger partial charge in [-0.25, -0.2) is 0 Å². The molecule has 0 amide bonds. The molecule has 4 heteroatoms. The van der Waals surface area contributed by atoms with Crippen LogP contribution >= 0.6 is 0 Å². The van der Waals surface area contributed by atoms with Crippen LogP contribution in [0, 0.1) is 0 Å². The maximum absolute atomic E-state index is 5.13. The van der Waals surface area contributed by atoms with E-state index < -0.39 is 9.53 Å². The molecule has 0 aliphatic rings. The molecule has 0 bridgehead atoms. The van der Waals surface area contributed by atoms with Crippen molar-refractivity contribution < 1.29 is 13.3 Å². The van der Waals surface area contributed by atoms with Crippen molar-refractivity contribution in [3.05, 3.63) is 0 Å². The first kappa shape index (κ1) is 9.10. The van der Waals surface area contributed by atoms with E-state index in [1.165, 1.54) is 0 Å². The highest BCUT2D eigenvalue weighted by molar-refractivity contribution is 6.36. The highest BCUT2D eigenvalue weighted by atomic mass is 28.3. The van der Waals surface area contributed by atoms with E-state index >= 15 is 0 Å². The summed E-state index contributed by atoms with van der Waals surface area (Å²) in [6.45, 7) is 5.20. The van der Waals surface area contributed by atoms with E-state index in [1.807, 2.05) is 13.8 Å². The summed E-state index contributed by atoms with van der Waals surface area (Å²) in [7, 11) is -0.0997. The summed E-state index contributed by atoms with van der Waals surface area (Å²) in [4.78, 5) is 0. The second-order valence-corrected chi connectivity index (χ2v) is 3.15. The fourth-order valence-electron chi connectivity index (χ4n) is 0.456. The first-order chi connectivity index (χ1) is 4.35. The van der Waals surface area contributed by atoms with Gasteiger partial charge in [0.2, 0.25) is 0 Å². The molecule has 0 aromatic carbocycles. The minimum absolute atomic E-state index is 0.671. The van der Waals surface area contributed by atoms with Crippen molar-refractivity contribution in [1.29, 1.82) is 0 Å². The molecule has 0 rings (SSSR count). The molecule has 0 spiro atoms. The van der Waals surface area contributed by atoms with Crippen LogP contribution in [-0.4, -0.2) is 29.9 Å². The van der Waals surface area contributed by atoms with Gasteiger partial charge in [0, 0.05) is 20.3 Å². The third-order valence-corrected chi connectivity index (χ3v) is 2.39. The first-order valence-corrected chi connectivity index (χ1v) is 4.52. The van der Waals surface area contributed by atoms with Crippen LogP contribution in [-0.2, 0) is 13.3 Å². The molecule has 3 nitrogen and oxygen atoms in total. The molecule has 0 radical (unpaired) electrons. The van der Waals surface area contributed by atoms with Crippen molar-refractivity contribution in [2.24, 2.45) is 0 Å². The predicted octanol–water partition coefficient (Wildman–Crippen LogP) is 0.423. The fourth-order valence-corrected chi connectivity index (χ4v) is 1.37. The standard InChI is InChI=1S/C5H14O3Si/c1-4-7-9(6-3)8-5-2/h9H,4-5H2,1-3H3. The van der Waals surface area contributed by atoms with E-state index in [4.69, 9.17) is 13.3 Å². The Balaban J connectivity index is 3.18. The van der Waals surface area contributed by atoms with Gasteiger partial charge in [-0.3, -0.25) is 0 Å². The summed E-state index contributed by atoms with van der Waals surface area (Å²) in [6.07, 6.45) is 0. The zero-order valence-corrected chi connectivity index (χ0v) is 7.37. The summed E-state index contributed by atoms with van der Waals surface area (Å²) in [5.41, 5.74) is 0. The number of rotatable bonds is 5. The Kier molecular flexibility index (Phi) is 6.29. The Bertz CT molecular complexity index is 54.2. The maximum atomic E-state index is 5.13. The summed E-state index contributed by atoms with van der Waals surface area (Å²) in [5, 5.41) is 0. The second-order valence-electron chi connectivity index (χ2n) is 1.44. The summed E-state index contributed by atoms with van der Waals surface area (Å²) >= 11 is 0. The van der Waals surface area contributed by atoms with Gasteiger partial charge in [0.15, 0.2) is 0 Å². The Morgan fingerprint density at radius 2 is 1.56 bits per heavy atom. The SMILES string of the molecule is CCO[SiH](OC)OCC. The molecule has 0 N–H and O–H groups in total. The van der Waals surface area contributed by atoms with Crippen LogP contribution in [0.1, 0.15) is 13.8 Å². The van der Waals surface area contributed by atoms with Crippen LogP contribution in [0.3, 0.4) is 0 Å². The van der Waals surface area contributed by atoms with Gasteiger partial charge < -0.3 is 13.3 Å². The van der Waals surface area contributed by atoms with Crippen LogP contribution in [0.4, 0.5) is 0 Å². The molecule has 56 valence electrons. The highest BCUT2D eigenvalue weighted by Gasteiger charge is 2.09. The number of hydrogen-bond acceptors (Lipinski definition) is 3. The van der Waals surface area contributed by atoms with E-state index in [0.717, 1.165) is 0 Å². The average Bonchev–Trinajstić information content (AvgIpc) is 1.88. The molecule has 0 fully saturated rings. The Morgan fingerprint density at radius 3 is 1.78 bits per heavy atom. The van der Waals surface area contributed by atoms with Gasteiger partial charge in [-0.1, -0.05) is 0 Å². The monoisotopic (exact) mass is 150 g/mol. The lowest BCUT2D eigenvalue weighted by atomic mass is 10.9. The largest absolute Gasteiger partial charge is 0.483 e. The minimum atomic E-state index is -1.71. The molecule has 0 aromatic heterocycles. The van der Waals surface area contributed by atoms with Gasteiger partial charge in [0.05, 0.1) is 0 Å². The third-order valence-electron chi connectivity index (χ3n) is 0.798. The van der Waals surface area contributed by atoms with Gasteiger partial charge >= 0.3 is 9.53 Å². The van der Waals surface area contributed by atoms with E-state index in [-0.39, 0.29) is 0 Å². The summed E-state index contributed by atoms with van der Waals surface area (Å²) < 4.78 is 15.2. The average molecular weight is 150 g/mol. The molecular formula is C5H14O3Si. The molecule has 0 unspecified atom stereocenters. The van der Waals surface area contributed by atoms with Gasteiger partial charge in [0.1, 0.15) is 0 Å². The zero-order valence-electron chi connectivity index (χ0n) is 6.22. The third kappa shape index (κ3) is 4.59. The quantitative estimate of drug-likeness (QED) is 0.532. The van der Waals surface area contributed by atoms with Crippen LogP contribution in [0.2, 0.25) is 0 Å². The van der Waals surface area contributed by atoms with Gasteiger partial charge in [-0.05, 0) is 13.8 Å². The van der Waals surface area contributed by atoms with E-state index in [2.05, 4.69) is 0 Å². The molecule has 0 aliphatic carbocycles. The second kappa shape index (κ2) is 6.22. The summed E-state index contributed by atoms with van der Waals surface area (Å²) in [5.74, 6) is 0. The lowest BCUT2D eigenvalue weighted by Gasteiger charge is -2.10. The van der Waals surface area contributed by atoms with Crippen molar-refractivity contribution in [1.82, 2.24) is 0 Å². The van der Waals surface area contributed by atoms with Crippen molar-refractivity contribution in [2.45, 2.75) is 13.8 Å². The highest BCUT2D eigenvalue weighted by Crippen LogP contribution is 1.88. The normalized spacial score (nSPS) is 10.7. The molecule has 0 atom stereocenters. The van der Waals surface area contributed by atoms with Gasteiger partial charge in [-0.15, -0.1) is 0 Å². The molecule has 0 aliphatic heterocycles. The molecule has 0 aromatic rings. The van der Waals surface area contributed by atoms with Crippen LogP contribution in [0.15, 0.2) is 0 Å². The van der Waals surface area contributed by atoms with Crippen molar-refractivity contribution >= 4 is 9.53 Å². The minimum Gasteiger partial charge on any atom is -0.379 e. The summed E-state index contributed by atoms with van der Waals surface area (Å²) in [6, 6.07) is 0. The van der Waals surface area contributed by atoms with Crippen molar-refractivity contribution in [3.8, 4) is 0 Å². The van der Waals surface area contributed by atoms with Gasteiger partial charge in [-0.2, -0.15) is 0 Å². The van der Waals surface area contributed by atoms with Crippen molar-refractivity contribution in [3.63, 3.8) is 0 Å². The molecule has 0 heterocycles. The van der Waals surface area contributed by atoms with Crippen LogP contribution in [0.25, 0.3) is 0 Å². The Labute approximate surface area is 57.9 Å². The lowest BCUT2D eigenvalue weighted by molar-refractivity contribution is 0.123. The molecule has 0 saturated heterocycles. The smallest absolute Gasteiger partial charge is 0.379 e. The first-order valence-electron chi connectivity index (χ1n) is 3.11. The molecular weight excluding hydrogens is 136 g/mol. The van der Waals surface area contributed by atoms with Gasteiger partial charge in [0.25, 0.3) is 0 Å². The molecule has 0 saturated carbocycles. The topological polar surface area (TPSA) is 27.7 Å². The van der Waals surface area contributed by atoms with E-state index in [1.54, 1.807) is 7.11 Å².